The molecule has 0 bridgehead atoms. The molecule has 2 aromatic heterocycles. The summed E-state index contributed by atoms with van der Waals surface area (Å²) in [6.45, 7) is 0.941. The van der Waals surface area contributed by atoms with Gasteiger partial charge in [0, 0.05) is 35.2 Å². The fourth-order valence-electron chi connectivity index (χ4n) is 3.70. The van der Waals surface area contributed by atoms with E-state index in [2.05, 4.69) is 25.1 Å². The third-order valence-electron chi connectivity index (χ3n) is 5.34. The number of aromatic nitrogens is 4. The summed E-state index contributed by atoms with van der Waals surface area (Å²) in [5.74, 6) is 1.33. The average Bonchev–Trinajstić information content (AvgIpc) is 3.37. The van der Waals surface area contributed by atoms with Crippen LogP contribution in [0.15, 0.2) is 53.9 Å². The number of fused-ring (bicyclic) bond motifs is 1. The second-order valence-electron chi connectivity index (χ2n) is 7.48. The molecular weight excluding hydrogens is 413 g/mol. The number of thiazole rings is 1. The molecule has 0 unspecified atom stereocenters. The van der Waals surface area contributed by atoms with Crippen molar-refractivity contribution in [2.75, 3.05) is 5.32 Å². The minimum absolute atomic E-state index is 0.284. The predicted octanol–water partition coefficient (Wildman–Crippen LogP) is 5.19. The van der Waals surface area contributed by atoms with Crippen LogP contribution < -0.4 is 5.32 Å². The zero-order chi connectivity index (χ0) is 21.2. The summed E-state index contributed by atoms with van der Waals surface area (Å²) in [6.07, 6.45) is 4.48. The minimum atomic E-state index is -0.302. The van der Waals surface area contributed by atoms with E-state index in [0.29, 0.717) is 16.4 Å². The third kappa shape index (κ3) is 4.11. The Labute approximate surface area is 182 Å². The molecule has 1 aliphatic heterocycles. The maximum Gasteiger partial charge on any atom is 0.275 e. The number of nitrogens with zero attached hydrogens (tertiary/aromatic N) is 4. The number of aryl methyl sites for hydroxylation is 1. The molecule has 0 atom stereocenters. The summed E-state index contributed by atoms with van der Waals surface area (Å²) < 4.78 is 15.3. The highest BCUT2D eigenvalue weighted by Gasteiger charge is 2.16. The molecule has 156 valence electrons. The van der Waals surface area contributed by atoms with Gasteiger partial charge < -0.3 is 9.88 Å². The smallest absolute Gasteiger partial charge is 0.275 e. The van der Waals surface area contributed by atoms with Crippen LogP contribution in [0.3, 0.4) is 0 Å². The fourth-order valence-corrected chi connectivity index (χ4v) is 4.51. The second-order valence-corrected chi connectivity index (χ2v) is 8.34. The number of benzene rings is 2. The van der Waals surface area contributed by atoms with Gasteiger partial charge in [-0.1, -0.05) is 6.42 Å². The molecule has 4 aromatic rings. The van der Waals surface area contributed by atoms with Gasteiger partial charge in [-0.3, -0.25) is 4.79 Å². The van der Waals surface area contributed by atoms with E-state index in [1.165, 1.54) is 29.9 Å². The highest BCUT2D eigenvalue weighted by Crippen LogP contribution is 2.26. The highest BCUT2D eigenvalue weighted by atomic mass is 32.1. The molecule has 0 aliphatic carbocycles. The number of carbonyl (C=O) groups is 1. The Kier molecular flexibility index (Phi) is 5.30. The van der Waals surface area contributed by atoms with Crippen LogP contribution in [0.4, 0.5) is 10.1 Å². The molecule has 0 radical (unpaired) electrons. The van der Waals surface area contributed by atoms with Crippen molar-refractivity contribution in [1.82, 2.24) is 19.7 Å². The summed E-state index contributed by atoms with van der Waals surface area (Å²) in [7, 11) is 0. The van der Waals surface area contributed by atoms with E-state index in [1.54, 1.807) is 17.5 Å². The molecule has 0 fully saturated rings. The van der Waals surface area contributed by atoms with Crippen LogP contribution in [0.2, 0.25) is 0 Å². The number of halogens is 1. The van der Waals surface area contributed by atoms with Gasteiger partial charge in [0.15, 0.2) is 5.82 Å². The third-order valence-corrected chi connectivity index (χ3v) is 6.23. The van der Waals surface area contributed by atoms with Crippen LogP contribution >= 0.6 is 11.3 Å². The molecule has 0 spiro atoms. The van der Waals surface area contributed by atoms with E-state index in [4.69, 9.17) is 0 Å². The van der Waals surface area contributed by atoms with Gasteiger partial charge in [-0.25, -0.2) is 9.37 Å². The van der Waals surface area contributed by atoms with Crippen molar-refractivity contribution in [3.63, 3.8) is 0 Å². The maximum absolute atomic E-state index is 13.1. The molecule has 5 rings (SSSR count). The highest BCUT2D eigenvalue weighted by molar-refractivity contribution is 7.13. The summed E-state index contributed by atoms with van der Waals surface area (Å²) in [6, 6.07) is 13.7. The van der Waals surface area contributed by atoms with Gasteiger partial charge in [-0.2, -0.15) is 0 Å². The Morgan fingerprint density at radius 3 is 2.55 bits per heavy atom. The molecule has 8 heteroatoms. The normalized spacial score (nSPS) is 13.5. The maximum atomic E-state index is 13.1. The molecular formula is C23H20FN5OS. The Balaban J connectivity index is 1.30. The van der Waals surface area contributed by atoms with E-state index in [9.17, 15) is 9.18 Å². The molecule has 1 aliphatic rings. The van der Waals surface area contributed by atoms with Crippen LogP contribution in [0, 0.1) is 5.82 Å². The van der Waals surface area contributed by atoms with Gasteiger partial charge in [0.05, 0.1) is 0 Å². The van der Waals surface area contributed by atoms with Crippen molar-refractivity contribution in [1.29, 1.82) is 0 Å². The van der Waals surface area contributed by atoms with Gasteiger partial charge in [0.1, 0.15) is 22.3 Å². The molecule has 31 heavy (non-hydrogen) atoms. The van der Waals surface area contributed by atoms with Crippen molar-refractivity contribution in [3.8, 4) is 22.0 Å². The van der Waals surface area contributed by atoms with E-state index in [-0.39, 0.29) is 11.7 Å². The summed E-state index contributed by atoms with van der Waals surface area (Å²) in [4.78, 5) is 17.0. The first kappa shape index (κ1) is 19.6. The standard InChI is InChI=1S/C23H20FN5OS/c24-17-9-5-16(6-10-17)23-26-19(14-31-23)22(30)25-18-11-7-15(8-12-18)21-28-27-20-4-2-1-3-13-29(20)21/h5-12,14H,1-4,13H2,(H,25,30). The van der Waals surface area contributed by atoms with E-state index < -0.39 is 0 Å². The first-order valence-electron chi connectivity index (χ1n) is 10.2. The number of hydrogen-bond donors (Lipinski definition) is 1. The number of hydrogen-bond acceptors (Lipinski definition) is 5. The summed E-state index contributed by atoms with van der Waals surface area (Å²) >= 11 is 1.35. The predicted molar refractivity (Wildman–Crippen MR) is 118 cm³/mol. The molecule has 0 saturated carbocycles. The molecule has 2 aromatic carbocycles. The Bertz CT molecular complexity index is 1210. The first-order chi connectivity index (χ1) is 15.2. The van der Waals surface area contributed by atoms with E-state index in [1.807, 2.05) is 24.3 Å². The van der Waals surface area contributed by atoms with E-state index in [0.717, 1.165) is 48.6 Å². The minimum Gasteiger partial charge on any atom is -0.321 e. The molecule has 3 heterocycles. The lowest BCUT2D eigenvalue weighted by molar-refractivity contribution is 0.102. The Morgan fingerprint density at radius 2 is 1.74 bits per heavy atom. The fraction of sp³-hybridized carbons (Fsp3) is 0.217. The lowest BCUT2D eigenvalue weighted by Crippen LogP contribution is -2.12. The second kappa shape index (κ2) is 8.39. The van der Waals surface area contributed by atoms with Gasteiger partial charge in [-0.05, 0) is 61.4 Å². The van der Waals surface area contributed by atoms with Crippen LogP contribution in [0.5, 0.6) is 0 Å². The zero-order valence-corrected chi connectivity index (χ0v) is 17.5. The quantitative estimate of drug-likeness (QED) is 0.481. The number of nitrogens with one attached hydrogen (secondary N) is 1. The first-order valence-corrected chi connectivity index (χ1v) is 11.1. The molecule has 0 saturated heterocycles. The van der Waals surface area contributed by atoms with E-state index >= 15 is 0 Å². The summed E-state index contributed by atoms with van der Waals surface area (Å²) in [5.41, 5.74) is 2.77. The zero-order valence-electron chi connectivity index (χ0n) is 16.7. The van der Waals surface area contributed by atoms with Crippen molar-refractivity contribution in [2.24, 2.45) is 0 Å². The SMILES string of the molecule is O=C(Nc1ccc(-c2nnc3n2CCCCC3)cc1)c1csc(-c2ccc(F)cc2)n1. The number of anilines is 1. The van der Waals surface area contributed by atoms with Gasteiger partial charge in [-0.15, -0.1) is 21.5 Å². The van der Waals surface area contributed by atoms with Crippen molar-refractivity contribution >= 4 is 22.9 Å². The van der Waals surface area contributed by atoms with Gasteiger partial charge in [0.2, 0.25) is 0 Å². The molecule has 1 amide bonds. The Morgan fingerprint density at radius 1 is 0.968 bits per heavy atom. The lowest BCUT2D eigenvalue weighted by Gasteiger charge is -2.08. The van der Waals surface area contributed by atoms with Crippen molar-refractivity contribution in [2.45, 2.75) is 32.2 Å². The van der Waals surface area contributed by atoms with Crippen molar-refractivity contribution in [3.05, 3.63) is 71.2 Å². The number of rotatable bonds is 4. The van der Waals surface area contributed by atoms with Crippen molar-refractivity contribution < 1.29 is 9.18 Å². The van der Waals surface area contributed by atoms with Crippen LogP contribution in [0.1, 0.15) is 35.6 Å². The summed E-state index contributed by atoms with van der Waals surface area (Å²) in [5, 5.41) is 14.0. The monoisotopic (exact) mass is 433 g/mol. The average molecular weight is 434 g/mol. The number of amides is 1. The molecule has 1 N–H and O–H groups in total. The van der Waals surface area contributed by atoms with Crippen LogP contribution in [-0.2, 0) is 13.0 Å². The van der Waals surface area contributed by atoms with Gasteiger partial charge in [0.25, 0.3) is 5.91 Å². The number of carbonyl (C=O) groups excluding carboxylic acids is 1. The Hall–Kier alpha value is -3.39. The van der Waals surface area contributed by atoms with Gasteiger partial charge >= 0.3 is 0 Å². The van der Waals surface area contributed by atoms with Crippen LogP contribution in [-0.4, -0.2) is 25.7 Å². The molecule has 6 nitrogen and oxygen atoms in total. The lowest BCUT2D eigenvalue weighted by atomic mass is 10.2. The van der Waals surface area contributed by atoms with Crippen LogP contribution in [0.25, 0.3) is 22.0 Å². The topological polar surface area (TPSA) is 72.7 Å². The largest absolute Gasteiger partial charge is 0.321 e.